The van der Waals surface area contributed by atoms with E-state index in [1.165, 1.54) is 6.92 Å². The third-order valence-electron chi connectivity index (χ3n) is 5.72. The summed E-state index contributed by atoms with van der Waals surface area (Å²) in [6, 6.07) is 0. The zero-order valence-electron chi connectivity index (χ0n) is 19.2. The minimum atomic E-state index is -5.50. The molecule has 2 fully saturated rings. The van der Waals surface area contributed by atoms with E-state index in [4.69, 9.17) is 15.2 Å². The fourth-order valence-corrected chi connectivity index (χ4v) is 5.96. The molecule has 0 bridgehead atoms. The van der Waals surface area contributed by atoms with Crippen molar-refractivity contribution >= 4 is 32.8 Å². The minimum absolute atomic E-state index is 0.0994. The van der Waals surface area contributed by atoms with E-state index in [9.17, 15) is 49.2 Å². The van der Waals surface area contributed by atoms with Crippen LogP contribution < -0.4 is 11.3 Å². The van der Waals surface area contributed by atoms with Gasteiger partial charge in [-0.3, -0.25) is 23.4 Å². The predicted octanol–water partition coefficient (Wildman–Crippen LogP) is -3.60. The van der Waals surface area contributed by atoms with Gasteiger partial charge in [-0.2, -0.15) is 9.29 Å². The molecule has 4 rings (SSSR count). The van der Waals surface area contributed by atoms with E-state index in [1.54, 1.807) is 0 Å². The normalized spacial score (nSPS) is 37.2. The summed E-state index contributed by atoms with van der Waals surface area (Å²) in [7, 11) is -10.9. The van der Waals surface area contributed by atoms with Gasteiger partial charge in [0.25, 0.3) is 5.56 Å². The number of imidazole rings is 1. The molecule has 2 aromatic rings. The highest BCUT2D eigenvalue weighted by Gasteiger charge is 2.49. The molecule has 2 aliphatic rings. The Kier molecular flexibility index (Phi) is 8.12. The van der Waals surface area contributed by atoms with Gasteiger partial charge in [-0.15, -0.1) is 0 Å². The van der Waals surface area contributed by atoms with Crippen molar-refractivity contribution in [3.63, 3.8) is 0 Å². The molecule has 11 atom stereocenters. The lowest BCUT2D eigenvalue weighted by Crippen LogP contribution is -2.57. The number of nitrogen functional groups attached to an aromatic ring is 1. The van der Waals surface area contributed by atoms with E-state index in [1.807, 2.05) is 0 Å². The molecule has 214 valence electrons. The molecule has 2 aliphatic heterocycles. The van der Waals surface area contributed by atoms with E-state index in [-0.39, 0.29) is 17.1 Å². The second-order valence-electron chi connectivity index (χ2n) is 8.42. The number of rotatable bonds is 8. The molecule has 0 saturated carbocycles. The predicted molar refractivity (Wildman–Crippen MR) is 119 cm³/mol. The number of ether oxygens (including phenoxy) is 2. The highest BCUT2D eigenvalue weighted by Crippen LogP contribution is 2.61. The van der Waals surface area contributed by atoms with Gasteiger partial charge in [-0.05, 0) is 6.92 Å². The van der Waals surface area contributed by atoms with Crippen LogP contribution in [-0.4, -0.2) is 110 Å². The fourth-order valence-electron chi connectivity index (χ4n) is 3.80. The summed E-state index contributed by atoms with van der Waals surface area (Å²) in [5.41, 5.74) is 4.59. The number of H-pyrrole nitrogens is 1. The number of nitrogens with one attached hydrogen (secondary N) is 1. The molecule has 20 nitrogen and oxygen atoms in total. The molecule has 0 amide bonds. The molecule has 0 spiro atoms. The molecule has 10 N–H and O–H groups in total. The van der Waals surface area contributed by atoms with E-state index in [0.717, 1.165) is 10.9 Å². The first kappa shape index (κ1) is 29.1. The molecule has 22 heteroatoms. The number of nitrogens with two attached hydrogens (primary N) is 1. The summed E-state index contributed by atoms with van der Waals surface area (Å²) >= 11 is 0. The topological polar surface area (TPSA) is 311 Å². The number of phosphoric acid groups is 2. The lowest BCUT2D eigenvalue weighted by Gasteiger charge is -2.38. The van der Waals surface area contributed by atoms with Crippen molar-refractivity contribution < 1.29 is 67.3 Å². The van der Waals surface area contributed by atoms with Crippen molar-refractivity contribution in [2.24, 2.45) is 0 Å². The van der Waals surface area contributed by atoms with Gasteiger partial charge in [0.15, 0.2) is 23.7 Å². The Bertz CT molecular complexity index is 1320. The van der Waals surface area contributed by atoms with Crippen LogP contribution in [0.25, 0.3) is 11.2 Å². The van der Waals surface area contributed by atoms with Crippen molar-refractivity contribution in [2.75, 3.05) is 12.3 Å². The van der Waals surface area contributed by atoms with Crippen LogP contribution in [0, 0.1) is 0 Å². The monoisotopic (exact) mass is 589 g/mol. The van der Waals surface area contributed by atoms with Gasteiger partial charge in [0.2, 0.25) is 5.95 Å². The van der Waals surface area contributed by atoms with Crippen molar-refractivity contribution in [1.82, 2.24) is 19.5 Å². The van der Waals surface area contributed by atoms with Crippen molar-refractivity contribution in [3.05, 3.63) is 16.7 Å². The number of hydrogen-bond donors (Lipinski definition) is 9. The minimum Gasteiger partial charge on any atom is -0.388 e. The van der Waals surface area contributed by atoms with Gasteiger partial charge in [0.05, 0.1) is 19.0 Å². The number of aromatic nitrogens is 4. The summed E-state index contributed by atoms with van der Waals surface area (Å²) in [6.45, 7) is 0.291. The van der Waals surface area contributed by atoms with Crippen molar-refractivity contribution in [1.29, 1.82) is 0 Å². The first-order chi connectivity index (χ1) is 17.6. The Balaban J connectivity index is 1.39. The van der Waals surface area contributed by atoms with Gasteiger partial charge >= 0.3 is 15.6 Å². The van der Waals surface area contributed by atoms with Crippen LogP contribution in [0.1, 0.15) is 13.2 Å². The molecule has 2 unspecified atom stereocenters. The lowest BCUT2D eigenvalue weighted by molar-refractivity contribution is -0.271. The highest BCUT2D eigenvalue weighted by molar-refractivity contribution is 7.61. The van der Waals surface area contributed by atoms with E-state index >= 15 is 0 Å². The number of nitrogens with zero attached hydrogens (tertiary/aromatic N) is 3. The maximum Gasteiger partial charge on any atom is 0.483 e. The average molecular weight is 589 g/mol. The zero-order chi connectivity index (χ0) is 28.2. The van der Waals surface area contributed by atoms with Crippen LogP contribution in [0.2, 0.25) is 0 Å². The maximum absolute atomic E-state index is 12.3. The third-order valence-corrected chi connectivity index (χ3v) is 8.32. The van der Waals surface area contributed by atoms with Crippen LogP contribution in [0.3, 0.4) is 0 Å². The summed E-state index contributed by atoms with van der Waals surface area (Å²) in [5, 5.41) is 50.0. The van der Waals surface area contributed by atoms with Gasteiger partial charge in [-0.25, -0.2) is 14.1 Å². The van der Waals surface area contributed by atoms with E-state index < -0.39 is 83.1 Å². The number of phosphoric ester groups is 2. The number of anilines is 1. The molecule has 4 heterocycles. The van der Waals surface area contributed by atoms with Crippen LogP contribution in [0.4, 0.5) is 5.95 Å². The molecule has 38 heavy (non-hydrogen) atoms. The Morgan fingerprint density at radius 2 is 1.74 bits per heavy atom. The van der Waals surface area contributed by atoms with Crippen LogP contribution in [0.15, 0.2) is 11.1 Å². The van der Waals surface area contributed by atoms with Gasteiger partial charge in [0, 0.05) is 0 Å². The number of fused-ring (bicyclic) bond motifs is 1. The maximum atomic E-state index is 12.3. The largest absolute Gasteiger partial charge is 0.483 e. The molecular weight excluding hydrogens is 564 g/mol. The Morgan fingerprint density at radius 3 is 2.42 bits per heavy atom. The van der Waals surface area contributed by atoms with Crippen molar-refractivity contribution in [2.45, 2.75) is 62.2 Å². The summed E-state index contributed by atoms with van der Waals surface area (Å²) in [4.78, 5) is 41.7. The number of hydrogen-bond acceptors (Lipinski definition) is 16. The van der Waals surface area contributed by atoms with Gasteiger partial charge in [0.1, 0.15) is 36.6 Å². The lowest BCUT2D eigenvalue weighted by atomic mass is 10.0. The van der Waals surface area contributed by atoms with Crippen LogP contribution >= 0.6 is 15.6 Å². The van der Waals surface area contributed by atoms with Gasteiger partial charge in [-0.1, -0.05) is 0 Å². The van der Waals surface area contributed by atoms with E-state index in [0.29, 0.717) is 0 Å². The molecule has 0 radical (unpaired) electrons. The standard InChI is InChI=1S/C16H25N5O15P2/c1-4-7(22)9(24)11(26)15(33-4)35-38(30,31)36-37(28,29)32-2-5-8(23)10(25)14(34-5)21-3-18-6-12(21)19-16(17)20-13(6)27/h3-5,7-11,14-15,22-26H,2H2,1H3,(H,28,29)(H,30,31)(H3,17,19,20,27)/t4-,5+,7-,8+,9+,10+,11+,14+,15-/m0/s1. The second kappa shape index (κ2) is 10.6. The Morgan fingerprint density at radius 1 is 1.05 bits per heavy atom. The summed E-state index contributed by atoms with van der Waals surface area (Å²) < 4.78 is 49.3. The summed E-state index contributed by atoms with van der Waals surface area (Å²) in [5.74, 6) is -0.266. The second-order valence-corrected chi connectivity index (χ2v) is 11.4. The Labute approximate surface area is 211 Å². The van der Waals surface area contributed by atoms with Gasteiger partial charge < -0.3 is 50.5 Å². The molecular formula is C16H25N5O15P2. The molecule has 0 aliphatic carbocycles. The first-order valence-corrected chi connectivity index (χ1v) is 13.7. The fraction of sp³-hybridized carbons (Fsp3) is 0.688. The highest BCUT2D eigenvalue weighted by atomic mass is 31.3. The zero-order valence-corrected chi connectivity index (χ0v) is 21.0. The average Bonchev–Trinajstić information content (AvgIpc) is 3.35. The first-order valence-electron chi connectivity index (χ1n) is 10.7. The third kappa shape index (κ3) is 5.83. The quantitative estimate of drug-likeness (QED) is 0.134. The summed E-state index contributed by atoms with van der Waals surface area (Å²) in [6.07, 6.45) is -13.8. The van der Waals surface area contributed by atoms with Crippen LogP contribution in [0.5, 0.6) is 0 Å². The number of aliphatic hydroxyl groups excluding tert-OH is 5. The molecule has 0 aromatic carbocycles. The molecule has 2 aromatic heterocycles. The van der Waals surface area contributed by atoms with E-state index in [2.05, 4.69) is 28.3 Å². The Hall–Kier alpha value is -1.87. The molecule has 2 saturated heterocycles. The number of aromatic amines is 1. The SMILES string of the molecule is C[C@@H]1O[C@@H](OP(=O)(O)OP(=O)(O)OC[C@H]2O[C@@H](n3cnc4c(=O)[nH]c(N)nc43)[C@H](O)[C@@H]2O)[C@H](O)[C@H](O)[C@H]1O. The smallest absolute Gasteiger partial charge is 0.388 e. The van der Waals surface area contributed by atoms with Crippen molar-refractivity contribution in [3.8, 4) is 0 Å². The number of aliphatic hydroxyl groups is 5. The van der Waals surface area contributed by atoms with Crippen LogP contribution in [-0.2, 0) is 32.0 Å².